The van der Waals surface area contributed by atoms with E-state index in [1.807, 2.05) is 0 Å². The molecule has 0 saturated heterocycles. The third-order valence-corrected chi connectivity index (χ3v) is 3.30. The molecule has 0 aliphatic rings. The molecule has 2 aromatic rings. The molecule has 0 spiro atoms. The monoisotopic (exact) mass is 333 g/mol. The number of amides is 2. The Morgan fingerprint density at radius 3 is 2.42 bits per heavy atom. The van der Waals surface area contributed by atoms with E-state index < -0.39 is 23.6 Å². The number of nitrogens with one attached hydrogen (secondary N) is 1. The van der Waals surface area contributed by atoms with Crippen molar-refractivity contribution in [1.82, 2.24) is 9.88 Å². The summed E-state index contributed by atoms with van der Waals surface area (Å²) in [5.74, 6) is -2.08. The fourth-order valence-corrected chi connectivity index (χ4v) is 2.08. The number of hydrogen-bond acceptors (Lipinski definition) is 3. The number of aromatic nitrogens is 1. The van der Waals surface area contributed by atoms with Crippen LogP contribution in [0.4, 0.5) is 14.5 Å². The molecule has 126 valence electrons. The molecule has 0 aliphatic carbocycles. The Hall–Kier alpha value is -2.83. The van der Waals surface area contributed by atoms with Gasteiger partial charge in [-0.3, -0.25) is 9.59 Å². The quantitative estimate of drug-likeness (QED) is 0.856. The molecule has 0 bridgehead atoms. The number of carbonyl (C=O) groups is 2. The predicted octanol–water partition coefficient (Wildman–Crippen LogP) is 2.85. The lowest BCUT2D eigenvalue weighted by Gasteiger charge is -2.26. The lowest BCUT2D eigenvalue weighted by molar-refractivity contribution is -0.117. The fraction of sp³-hybridized carbons (Fsp3) is 0.235. The number of hydrogen-bond donors (Lipinski definition) is 1. The molecule has 7 heteroatoms. The zero-order valence-electron chi connectivity index (χ0n) is 13.3. The van der Waals surface area contributed by atoms with Crippen LogP contribution in [0.15, 0.2) is 42.6 Å². The fourth-order valence-electron chi connectivity index (χ4n) is 2.08. The molecule has 0 atom stereocenters. The average molecular weight is 333 g/mol. The van der Waals surface area contributed by atoms with Gasteiger partial charge in [-0.1, -0.05) is 0 Å². The first kappa shape index (κ1) is 17.5. The van der Waals surface area contributed by atoms with E-state index >= 15 is 0 Å². The lowest BCUT2D eigenvalue weighted by Crippen LogP contribution is -2.42. The van der Waals surface area contributed by atoms with Gasteiger partial charge in [-0.25, -0.2) is 9.37 Å². The molecule has 1 aromatic heterocycles. The van der Waals surface area contributed by atoms with Crippen LogP contribution < -0.4 is 5.32 Å². The Kier molecular flexibility index (Phi) is 5.57. The summed E-state index contributed by atoms with van der Waals surface area (Å²) >= 11 is 0. The minimum atomic E-state index is -0.764. The molecule has 0 unspecified atom stereocenters. The lowest BCUT2D eigenvalue weighted by atomic mass is 10.2. The Bertz CT molecular complexity index is 733. The summed E-state index contributed by atoms with van der Waals surface area (Å²) in [4.78, 5) is 29.3. The van der Waals surface area contributed by atoms with Gasteiger partial charge in [-0.2, -0.15) is 4.39 Å². The first-order valence-corrected chi connectivity index (χ1v) is 7.35. The summed E-state index contributed by atoms with van der Waals surface area (Å²) in [7, 11) is 0. The molecule has 2 amide bonds. The first-order chi connectivity index (χ1) is 11.4. The number of anilines is 1. The molecule has 0 fully saturated rings. The van der Waals surface area contributed by atoms with Gasteiger partial charge in [0.2, 0.25) is 11.9 Å². The Balaban J connectivity index is 2.09. The number of halogens is 2. The summed E-state index contributed by atoms with van der Waals surface area (Å²) in [6.07, 6.45) is 1.19. The van der Waals surface area contributed by atoms with Crippen LogP contribution in [-0.4, -0.2) is 34.3 Å². The Morgan fingerprint density at radius 1 is 1.17 bits per heavy atom. The van der Waals surface area contributed by atoms with Crippen LogP contribution in [0.3, 0.4) is 0 Å². The van der Waals surface area contributed by atoms with Gasteiger partial charge in [0.1, 0.15) is 12.4 Å². The van der Waals surface area contributed by atoms with Crippen molar-refractivity contribution in [3.63, 3.8) is 0 Å². The number of nitrogens with zero attached hydrogens (tertiary/aromatic N) is 2. The van der Waals surface area contributed by atoms with Crippen molar-refractivity contribution < 1.29 is 18.4 Å². The van der Waals surface area contributed by atoms with E-state index in [1.54, 1.807) is 13.8 Å². The molecule has 5 nitrogen and oxygen atoms in total. The van der Waals surface area contributed by atoms with Gasteiger partial charge in [0.05, 0.1) is 0 Å². The van der Waals surface area contributed by atoms with E-state index in [9.17, 15) is 18.4 Å². The summed E-state index contributed by atoms with van der Waals surface area (Å²) in [5.41, 5.74) is 0.540. The maximum Gasteiger partial charge on any atom is 0.254 e. The highest BCUT2D eigenvalue weighted by Gasteiger charge is 2.22. The highest BCUT2D eigenvalue weighted by atomic mass is 19.1. The van der Waals surface area contributed by atoms with E-state index in [2.05, 4.69) is 10.3 Å². The van der Waals surface area contributed by atoms with Gasteiger partial charge in [0.15, 0.2) is 0 Å². The molecule has 1 N–H and O–H groups in total. The second-order valence-corrected chi connectivity index (χ2v) is 5.45. The summed E-state index contributed by atoms with van der Waals surface area (Å²) in [6, 6.07) is 7.43. The van der Waals surface area contributed by atoms with Crippen molar-refractivity contribution in [3.05, 3.63) is 59.9 Å². The van der Waals surface area contributed by atoms with Crippen molar-refractivity contribution in [2.75, 3.05) is 11.9 Å². The van der Waals surface area contributed by atoms with Crippen LogP contribution in [0.2, 0.25) is 0 Å². The second kappa shape index (κ2) is 7.63. The van der Waals surface area contributed by atoms with Crippen molar-refractivity contribution in [2.24, 2.45) is 0 Å². The summed E-state index contributed by atoms with van der Waals surface area (Å²) in [5, 5.41) is 2.59. The van der Waals surface area contributed by atoms with Crippen LogP contribution in [0.25, 0.3) is 0 Å². The van der Waals surface area contributed by atoms with Crippen LogP contribution in [0.5, 0.6) is 0 Å². The van der Waals surface area contributed by atoms with Gasteiger partial charge in [0.25, 0.3) is 5.91 Å². The molecular weight excluding hydrogens is 316 g/mol. The summed E-state index contributed by atoms with van der Waals surface area (Å²) < 4.78 is 26.0. The molecule has 24 heavy (non-hydrogen) atoms. The van der Waals surface area contributed by atoms with Crippen molar-refractivity contribution in [2.45, 2.75) is 19.9 Å². The van der Waals surface area contributed by atoms with Gasteiger partial charge >= 0.3 is 0 Å². The van der Waals surface area contributed by atoms with Crippen molar-refractivity contribution in [1.29, 1.82) is 0 Å². The zero-order chi connectivity index (χ0) is 17.7. The molecular formula is C17H17F2N3O2. The SMILES string of the molecule is CC(C)N(CC(=O)Nc1ccc(F)cc1)C(=O)c1ccnc(F)c1. The van der Waals surface area contributed by atoms with Gasteiger partial charge in [-0.05, 0) is 44.2 Å². The van der Waals surface area contributed by atoms with E-state index in [0.717, 1.165) is 6.07 Å². The molecule has 1 aromatic carbocycles. The van der Waals surface area contributed by atoms with Crippen LogP contribution in [0.1, 0.15) is 24.2 Å². The normalized spacial score (nSPS) is 10.5. The second-order valence-electron chi connectivity index (χ2n) is 5.45. The van der Waals surface area contributed by atoms with Crippen LogP contribution >= 0.6 is 0 Å². The van der Waals surface area contributed by atoms with Crippen molar-refractivity contribution in [3.8, 4) is 0 Å². The van der Waals surface area contributed by atoms with E-state index in [0.29, 0.717) is 5.69 Å². The number of pyridine rings is 1. The van der Waals surface area contributed by atoms with Crippen LogP contribution in [-0.2, 0) is 4.79 Å². The number of carbonyl (C=O) groups excluding carboxylic acids is 2. The molecule has 2 rings (SSSR count). The third-order valence-electron chi connectivity index (χ3n) is 3.30. The van der Waals surface area contributed by atoms with Gasteiger partial charge in [0, 0.05) is 29.6 Å². The number of rotatable bonds is 5. The van der Waals surface area contributed by atoms with Gasteiger partial charge in [-0.15, -0.1) is 0 Å². The Labute approximate surface area is 138 Å². The molecule has 0 aliphatic heterocycles. The maximum atomic E-state index is 13.2. The Morgan fingerprint density at radius 2 is 1.83 bits per heavy atom. The van der Waals surface area contributed by atoms with E-state index in [4.69, 9.17) is 0 Å². The average Bonchev–Trinajstić information content (AvgIpc) is 2.54. The smallest absolute Gasteiger partial charge is 0.254 e. The van der Waals surface area contributed by atoms with Crippen molar-refractivity contribution >= 4 is 17.5 Å². The largest absolute Gasteiger partial charge is 0.327 e. The highest BCUT2D eigenvalue weighted by Crippen LogP contribution is 2.11. The third kappa shape index (κ3) is 4.58. The minimum absolute atomic E-state index is 0.116. The molecule has 1 heterocycles. The zero-order valence-corrected chi connectivity index (χ0v) is 13.3. The van der Waals surface area contributed by atoms with E-state index in [1.165, 1.54) is 41.4 Å². The van der Waals surface area contributed by atoms with Gasteiger partial charge < -0.3 is 10.2 Å². The topological polar surface area (TPSA) is 62.3 Å². The number of benzene rings is 1. The highest BCUT2D eigenvalue weighted by molar-refractivity contribution is 5.99. The minimum Gasteiger partial charge on any atom is -0.327 e. The summed E-state index contributed by atoms with van der Waals surface area (Å²) in [6.45, 7) is 3.29. The molecule has 0 saturated carbocycles. The molecule has 0 radical (unpaired) electrons. The van der Waals surface area contributed by atoms with Crippen LogP contribution in [0, 0.1) is 11.8 Å². The first-order valence-electron chi connectivity index (χ1n) is 7.35. The standard InChI is InChI=1S/C17H17F2N3O2/c1-11(2)22(17(24)12-7-8-20-15(19)9-12)10-16(23)21-14-5-3-13(18)4-6-14/h3-9,11H,10H2,1-2H3,(H,21,23). The predicted molar refractivity (Wildman–Crippen MR) is 85.4 cm³/mol. The maximum absolute atomic E-state index is 13.2. The van der Waals surface area contributed by atoms with E-state index in [-0.39, 0.29) is 18.2 Å².